The Hall–Kier alpha value is -1.92. The van der Waals surface area contributed by atoms with Crippen molar-refractivity contribution >= 4 is 44.2 Å². The molecule has 0 aliphatic rings. The lowest BCUT2D eigenvalue weighted by Gasteiger charge is -2.04. The molecule has 1 aromatic carbocycles. The Kier molecular flexibility index (Phi) is 3.88. The van der Waals surface area contributed by atoms with Gasteiger partial charge in [0.2, 0.25) is 5.91 Å². The predicted octanol–water partition coefficient (Wildman–Crippen LogP) is 3.71. The second-order valence-electron chi connectivity index (χ2n) is 5.18. The lowest BCUT2D eigenvalue weighted by atomic mass is 10.2. The summed E-state index contributed by atoms with van der Waals surface area (Å²) in [7, 11) is 0. The van der Waals surface area contributed by atoms with E-state index in [0.717, 1.165) is 21.6 Å². The molecular formula is C15H15ClN4OS. The Labute approximate surface area is 136 Å². The predicted molar refractivity (Wildman–Crippen MR) is 89.7 cm³/mol. The molecule has 2 aromatic heterocycles. The van der Waals surface area contributed by atoms with E-state index in [1.807, 2.05) is 32.9 Å². The molecule has 0 radical (unpaired) electrons. The van der Waals surface area contributed by atoms with Crippen molar-refractivity contribution in [1.29, 1.82) is 0 Å². The number of nitrogens with one attached hydrogen (secondary N) is 1. The summed E-state index contributed by atoms with van der Waals surface area (Å²) < 4.78 is 2.66. The molecule has 2 heterocycles. The van der Waals surface area contributed by atoms with E-state index >= 15 is 0 Å². The molecule has 0 spiro atoms. The van der Waals surface area contributed by atoms with Crippen LogP contribution in [0, 0.1) is 20.8 Å². The van der Waals surface area contributed by atoms with Gasteiger partial charge in [-0.2, -0.15) is 5.10 Å². The fourth-order valence-corrected chi connectivity index (χ4v) is 3.32. The van der Waals surface area contributed by atoms with E-state index in [4.69, 9.17) is 11.6 Å². The first-order chi connectivity index (χ1) is 10.4. The molecule has 114 valence electrons. The van der Waals surface area contributed by atoms with Gasteiger partial charge < -0.3 is 5.32 Å². The third-order valence-corrected chi connectivity index (χ3v) is 4.86. The summed E-state index contributed by atoms with van der Waals surface area (Å²) in [4.78, 5) is 16.6. The number of aryl methyl sites for hydroxylation is 2. The van der Waals surface area contributed by atoms with Crippen molar-refractivity contribution in [3.63, 3.8) is 0 Å². The maximum absolute atomic E-state index is 12.2. The van der Waals surface area contributed by atoms with Crippen LogP contribution >= 0.6 is 22.9 Å². The van der Waals surface area contributed by atoms with Crippen molar-refractivity contribution in [3.8, 4) is 0 Å². The number of carbonyl (C=O) groups is 1. The van der Waals surface area contributed by atoms with Gasteiger partial charge in [-0.1, -0.05) is 29.0 Å². The van der Waals surface area contributed by atoms with Gasteiger partial charge in [-0.3, -0.25) is 9.48 Å². The Bertz CT molecular complexity index is 868. The van der Waals surface area contributed by atoms with Crippen LogP contribution in [0.15, 0.2) is 18.2 Å². The summed E-state index contributed by atoms with van der Waals surface area (Å²) in [5.74, 6) is -0.168. The number of benzene rings is 1. The van der Waals surface area contributed by atoms with E-state index in [-0.39, 0.29) is 12.5 Å². The third-order valence-electron chi connectivity index (χ3n) is 3.38. The molecule has 0 unspecified atom stereocenters. The van der Waals surface area contributed by atoms with Crippen LogP contribution in [0.2, 0.25) is 5.02 Å². The Balaban J connectivity index is 1.76. The lowest BCUT2D eigenvalue weighted by Crippen LogP contribution is -2.20. The molecule has 1 amide bonds. The monoisotopic (exact) mass is 334 g/mol. The van der Waals surface area contributed by atoms with Gasteiger partial charge in [-0.05, 0) is 38.5 Å². The molecule has 7 heteroatoms. The van der Waals surface area contributed by atoms with Crippen molar-refractivity contribution in [2.24, 2.45) is 0 Å². The summed E-state index contributed by atoms with van der Waals surface area (Å²) in [6.07, 6.45) is 0. The molecule has 0 fully saturated rings. The maximum atomic E-state index is 12.2. The van der Waals surface area contributed by atoms with E-state index in [0.29, 0.717) is 10.2 Å². The second-order valence-corrected chi connectivity index (χ2v) is 6.59. The number of hydrogen-bond acceptors (Lipinski definition) is 4. The minimum Gasteiger partial charge on any atom is -0.300 e. The van der Waals surface area contributed by atoms with Crippen molar-refractivity contribution < 1.29 is 4.79 Å². The highest BCUT2D eigenvalue weighted by molar-refractivity contribution is 7.22. The second kappa shape index (κ2) is 5.70. The van der Waals surface area contributed by atoms with Crippen LogP contribution in [0.3, 0.4) is 0 Å². The molecule has 0 aliphatic heterocycles. The van der Waals surface area contributed by atoms with E-state index in [2.05, 4.69) is 21.5 Å². The zero-order chi connectivity index (χ0) is 15.9. The van der Waals surface area contributed by atoms with Crippen LogP contribution in [-0.2, 0) is 11.3 Å². The molecule has 3 aromatic rings. The number of hydrogen-bond donors (Lipinski definition) is 1. The summed E-state index contributed by atoms with van der Waals surface area (Å²) >= 11 is 7.55. The van der Waals surface area contributed by atoms with Crippen molar-refractivity contribution in [3.05, 3.63) is 40.2 Å². The number of carbonyl (C=O) groups excluding carboxylic acids is 1. The molecule has 3 rings (SSSR count). The summed E-state index contributed by atoms with van der Waals surface area (Å²) in [5.41, 5.74) is 3.57. The minimum absolute atomic E-state index is 0.119. The normalized spacial score (nSPS) is 11.1. The van der Waals surface area contributed by atoms with Gasteiger partial charge in [0.15, 0.2) is 5.13 Å². The molecule has 0 saturated heterocycles. The van der Waals surface area contributed by atoms with E-state index < -0.39 is 0 Å². The lowest BCUT2D eigenvalue weighted by molar-refractivity contribution is -0.116. The zero-order valence-electron chi connectivity index (χ0n) is 12.5. The first-order valence-corrected chi connectivity index (χ1v) is 8.00. The van der Waals surface area contributed by atoms with E-state index in [1.165, 1.54) is 16.9 Å². The molecular weight excluding hydrogens is 320 g/mol. The number of amides is 1. The largest absolute Gasteiger partial charge is 0.300 e. The Morgan fingerprint density at radius 1 is 1.36 bits per heavy atom. The molecule has 0 aliphatic carbocycles. The van der Waals surface area contributed by atoms with Gasteiger partial charge in [0.05, 0.1) is 26.6 Å². The number of nitrogens with zero attached hydrogens (tertiary/aromatic N) is 3. The van der Waals surface area contributed by atoms with Gasteiger partial charge in [0, 0.05) is 0 Å². The zero-order valence-corrected chi connectivity index (χ0v) is 14.0. The number of aromatic nitrogens is 3. The first kappa shape index (κ1) is 15.0. The fraction of sp³-hybridized carbons (Fsp3) is 0.267. The molecule has 0 saturated carbocycles. The quantitative estimate of drug-likeness (QED) is 0.794. The Morgan fingerprint density at radius 3 is 2.82 bits per heavy atom. The number of rotatable bonds is 3. The first-order valence-electron chi connectivity index (χ1n) is 6.80. The molecule has 0 bridgehead atoms. The van der Waals surface area contributed by atoms with Crippen LogP contribution in [0.25, 0.3) is 10.2 Å². The molecule has 1 N–H and O–H groups in total. The third kappa shape index (κ3) is 2.84. The summed E-state index contributed by atoms with van der Waals surface area (Å²) in [5, 5.41) is 8.27. The molecule has 0 atom stereocenters. The van der Waals surface area contributed by atoms with Gasteiger partial charge in [-0.25, -0.2) is 4.98 Å². The van der Waals surface area contributed by atoms with Crippen LogP contribution in [0.4, 0.5) is 5.13 Å². The van der Waals surface area contributed by atoms with Gasteiger partial charge in [0.1, 0.15) is 6.54 Å². The SMILES string of the molecule is Cc1ccc2nc(NC(=O)Cn3nc(C)c(Cl)c3C)sc2c1. The van der Waals surface area contributed by atoms with Crippen molar-refractivity contribution in [2.45, 2.75) is 27.3 Å². The van der Waals surface area contributed by atoms with E-state index in [1.54, 1.807) is 4.68 Å². The van der Waals surface area contributed by atoms with Gasteiger partial charge >= 0.3 is 0 Å². The Morgan fingerprint density at radius 2 is 2.14 bits per heavy atom. The maximum Gasteiger partial charge on any atom is 0.247 e. The van der Waals surface area contributed by atoms with Crippen molar-refractivity contribution in [1.82, 2.24) is 14.8 Å². The van der Waals surface area contributed by atoms with Crippen LogP contribution in [0.5, 0.6) is 0 Å². The average Bonchev–Trinajstić information content (AvgIpc) is 2.95. The highest BCUT2D eigenvalue weighted by atomic mass is 35.5. The number of anilines is 1. The average molecular weight is 335 g/mol. The summed E-state index contributed by atoms with van der Waals surface area (Å²) in [6, 6.07) is 6.02. The van der Waals surface area contributed by atoms with Crippen LogP contribution in [-0.4, -0.2) is 20.7 Å². The van der Waals surface area contributed by atoms with Gasteiger partial charge in [-0.15, -0.1) is 0 Å². The minimum atomic E-state index is -0.168. The van der Waals surface area contributed by atoms with Crippen LogP contribution in [0.1, 0.15) is 17.0 Å². The van der Waals surface area contributed by atoms with E-state index in [9.17, 15) is 4.79 Å². The van der Waals surface area contributed by atoms with Crippen molar-refractivity contribution in [2.75, 3.05) is 5.32 Å². The number of thiazole rings is 1. The highest BCUT2D eigenvalue weighted by Crippen LogP contribution is 2.26. The van der Waals surface area contributed by atoms with Gasteiger partial charge in [0.25, 0.3) is 0 Å². The summed E-state index contributed by atoms with van der Waals surface area (Å²) in [6.45, 7) is 5.81. The molecule has 22 heavy (non-hydrogen) atoms. The smallest absolute Gasteiger partial charge is 0.247 e. The number of fused-ring (bicyclic) bond motifs is 1. The topological polar surface area (TPSA) is 59.8 Å². The highest BCUT2D eigenvalue weighted by Gasteiger charge is 2.13. The number of halogens is 1. The fourth-order valence-electron chi connectivity index (χ4n) is 2.21. The standard InChI is InChI=1S/C15H15ClN4OS/c1-8-4-5-11-12(6-8)22-15(17-11)18-13(21)7-20-10(3)14(16)9(2)19-20/h4-6H,7H2,1-3H3,(H,17,18,21). The molecule has 5 nitrogen and oxygen atoms in total. The van der Waals surface area contributed by atoms with Crippen LogP contribution < -0.4 is 5.32 Å².